The maximum atomic E-state index is 11.3. The maximum absolute atomic E-state index is 11.3. The fourth-order valence-corrected chi connectivity index (χ4v) is 2.38. The Balaban J connectivity index is 2.62. The van der Waals surface area contributed by atoms with E-state index in [-0.39, 0.29) is 0 Å². The van der Waals surface area contributed by atoms with Crippen molar-refractivity contribution < 1.29 is 9.90 Å². The molecule has 1 aromatic heterocycles. The average Bonchev–Trinajstić information content (AvgIpc) is 2.77. The number of hydrogen-bond donors (Lipinski definition) is 1. The average molecular weight is 257 g/mol. The van der Waals surface area contributed by atoms with Gasteiger partial charge >= 0.3 is 5.97 Å². The summed E-state index contributed by atoms with van der Waals surface area (Å²) in [6.07, 6.45) is 0.910. The van der Waals surface area contributed by atoms with E-state index in [9.17, 15) is 9.90 Å². The molecule has 0 bridgehead atoms. The third kappa shape index (κ3) is 2.41. The van der Waals surface area contributed by atoms with Gasteiger partial charge in [-0.3, -0.25) is 0 Å². The molecular weight excluding hydrogens is 238 g/mol. The van der Waals surface area contributed by atoms with Crippen LogP contribution >= 0.6 is 0 Å². The summed E-state index contributed by atoms with van der Waals surface area (Å²) >= 11 is 0. The normalized spacial score (nSPS) is 10.7. The zero-order valence-corrected chi connectivity index (χ0v) is 11.6. The molecule has 0 amide bonds. The molecule has 0 spiro atoms. The topological polar surface area (TPSA) is 42.2 Å². The molecule has 0 atom stereocenters. The van der Waals surface area contributed by atoms with E-state index in [1.165, 1.54) is 11.1 Å². The molecule has 2 aromatic rings. The fraction of sp³-hybridized carbons (Fsp3) is 0.312. The standard InChI is InChI=1S/C16H19NO2/c1-4-10-17-14(8-9-15(17)16(18)19)13-7-5-6-11(2)12(13)3/h5-9H,4,10H2,1-3H3,(H,18,19). The monoisotopic (exact) mass is 257 g/mol. The van der Waals surface area contributed by atoms with Crippen molar-refractivity contribution in [2.24, 2.45) is 0 Å². The van der Waals surface area contributed by atoms with Crippen molar-refractivity contribution >= 4 is 5.97 Å². The number of hydrogen-bond acceptors (Lipinski definition) is 1. The lowest BCUT2D eigenvalue weighted by molar-refractivity contribution is 0.0685. The molecule has 100 valence electrons. The van der Waals surface area contributed by atoms with Gasteiger partial charge in [0.25, 0.3) is 0 Å². The molecular formula is C16H19NO2. The maximum Gasteiger partial charge on any atom is 0.352 e. The molecule has 0 saturated heterocycles. The highest BCUT2D eigenvalue weighted by Crippen LogP contribution is 2.28. The number of nitrogens with zero attached hydrogens (tertiary/aromatic N) is 1. The van der Waals surface area contributed by atoms with Crippen molar-refractivity contribution in [2.75, 3.05) is 0 Å². The van der Waals surface area contributed by atoms with Crippen LogP contribution in [0.25, 0.3) is 11.3 Å². The Labute approximate surface area is 113 Å². The minimum atomic E-state index is -0.870. The Morgan fingerprint density at radius 3 is 2.58 bits per heavy atom. The first kappa shape index (κ1) is 13.4. The summed E-state index contributed by atoms with van der Waals surface area (Å²) in [5.41, 5.74) is 4.88. The van der Waals surface area contributed by atoms with Gasteiger partial charge < -0.3 is 9.67 Å². The van der Waals surface area contributed by atoms with Gasteiger partial charge in [-0.05, 0) is 43.5 Å². The third-order valence-corrected chi connectivity index (χ3v) is 3.53. The summed E-state index contributed by atoms with van der Waals surface area (Å²) < 4.78 is 1.89. The molecule has 0 aliphatic rings. The Kier molecular flexibility index (Phi) is 3.74. The summed E-state index contributed by atoms with van der Waals surface area (Å²) in [4.78, 5) is 11.3. The Morgan fingerprint density at radius 2 is 1.95 bits per heavy atom. The number of rotatable bonds is 4. The predicted molar refractivity (Wildman–Crippen MR) is 76.6 cm³/mol. The van der Waals surface area contributed by atoms with E-state index in [0.717, 1.165) is 24.2 Å². The van der Waals surface area contributed by atoms with Crippen LogP contribution in [-0.2, 0) is 6.54 Å². The number of aromatic nitrogens is 1. The second-order valence-electron chi connectivity index (χ2n) is 4.81. The highest BCUT2D eigenvalue weighted by atomic mass is 16.4. The van der Waals surface area contributed by atoms with Gasteiger partial charge in [-0.1, -0.05) is 25.1 Å². The molecule has 19 heavy (non-hydrogen) atoms. The molecule has 1 heterocycles. The van der Waals surface area contributed by atoms with Crippen molar-refractivity contribution in [1.82, 2.24) is 4.57 Å². The van der Waals surface area contributed by atoms with Crippen LogP contribution in [0.4, 0.5) is 0 Å². The Bertz CT molecular complexity index is 611. The number of carboxylic acids is 1. The fourth-order valence-electron chi connectivity index (χ4n) is 2.38. The van der Waals surface area contributed by atoms with Crippen LogP contribution in [0.2, 0.25) is 0 Å². The summed E-state index contributed by atoms with van der Waals surface area (Å²) in [5, 5.41) is 9.26. The zero-order valence-electron chi connectivity index (χ0n) is 11.6. The van der Waals surface area contributed by atoms with Crippen LogP contribution in [0.3, 0.4) is 0 Å². The van der Waals surface area contributed by atoms with E-state index >= 15 is 0 Å². The van der Waals surface area contributed by atoms with Gasteiger partial charge in [0.05, 0.1) is 0 Å². The van der Waals surface area contributed by atoms with Gasteiger partial charge in [-0.15, -0.1) is 0 Å². The van der Waals surface area contributed by atoms with Crippen LogP contribution in [0.15, 0.2) is 30.3 Å². The van der Waals surface area contributed by atoms with Gasteiger partial charge in [0.2, 0.25) is 0 Å². The molecule has 0 fully saturated rings. The van der Waals surface area contributed by atoms with E-state index < -0.39 is 5.97 Å². The first-order valence-electron chi connectivity index (χ1n) is 6.55. The highest BCUT2D eigenvalue weighted by molar-refractivity contribution is 5.87. The SMILES string of the molecule is CCCn1c(C(=O)O)ccc1-c1cccc(C)c1C. The van der Waals surface area contributed by atoms with E-state index in [4.69, 9.17) is 0 Å². The second kappa shape index (κ2) is 5.31. The van der Waals surface area contributed by atoms with Crippen molar-refractivity contribution in [3.8, 4) is 11.3 Å². The van der Waals surface area contributed by atoms with Gasteiger partial charge in [0.15, 0.2) is 0 Å². The minimum absolute atomic E-state index is 0.359. The minimum Gasteiger partial charge on any atom is -0.477 e. The quantitative estimate of drug-likeness (QED) is 0.903. The lowest BCUT2D eigenvalue weighted by Gasteiger charge is -2.13. The first-order valence-corrected chi connectivity index (χ1v) is 6.55. The second-order valence-corrected chi connectivity index (χ2v) is 4.81. The highest BCUT2D eigenvalue weighted by Gasteiger charge is 2.15. The van der Waals surface area contributed by atoms with E-state index in [2.05, 4.69) is 32.9 Å². The van der Waals surface area contributed by atoms with Crippen LogP contribution in [0.5, 0.6) is 0 Å². The summed E-state index contributed by atoms with van der Waals surface area (Å²) in [5.74, 6) is -0.870. The van der Waals surface area contributed by atoms with E-state index in [0.29, 0.717) is 5.69 Å². The molecule has 0 saturated carbocycles. The van der Waals surface area contributed by atoms with Crippen molar-refractivity contribution in [3.05, 3.63) is 47.2 Å². The molecule has 1 N–H and O–H groups in total. The molecule has 0 unspecified atom stereocenters. The van der Waals surface area contributed by atoms with Crippen LogP contribution in [0, 0.1) is 13.8 Å². The molecule has 1 aromatic carbocycles. The van der Waals surface area contributed by atoms with Gasteiger partial charge in [-0.2, -0.15) is 0 Å². The van der Waals surface area contributed by atoms with Crippen molar-refractivity contribution in [1.29, 1.82) is 0 Å². The first-order chi connectivity index (χ1) is 9.06. The van der Waals surface area contributed by atoms with Gasteiger partial charge in [0.1, 0.15) is 5.69 Å². The number of carboxylic acid groups (broad SMARTS) is 1. The van der Waals surface area contributed by atoms with Crippen molar-refractivity contribution in [2.45, 2.75) is 33.7 Å². The summed E-state index contributed by atoms with van der Waals surface area (Å²) in [7, 11) is 0. The van der Waals surface area contributed by atoms with Gasteiger partial charge in [0, 0.05) is 17.8 Å². The summed E-state index contributed by atoms with van der Waals surface area (Å²) in [6, 6.07) is 9.73. The zero-order chi connectivity index (χ0) is 14.0. The number of aryl methyl sites for hydroxylation is 1. The van der Waals surface area contributed by atoms with Crippen molar-refractivity contribution in [3.63, 3.8) is 0 Å². The number of benzene rings is 1. The van der Waals surface area contributed by atoms with Gasteiger partial charge in [-0.25, -0.2) is 4.79 Å². The van der Waals surface area contributed by atoms with E-state index in [1.807, 2.05) is 16.7 Å². The molecule has 0 aliphatic heterocycles. The lowest BCUT2D eigenvalue weighted by Crippen LogP contribution is -2.09. The predicted octanol–water partition coefficient (Wildman–Crippen LogP) is 3.88. The number of carbonyl (C=O) groups is 1. The van der Waals surface area contributed by atoms with Crippen LogP contribution in [-0.4, -0.2) is 15.6 Å². The summed E-state index contributed by atoms with van der Waals surface area (Å²) in [6.45, 7) is 6.92. The number of aromatic carboxylic acids is 1. The van der Waals surface area contributed by atoms with E-state index in [1.54, 1.807) is 6.07 Å². The largest absolute Gasteiger partial charge is 0.477 e. The van der Waals surface area contributed by atoms with Crippen LogP contribution in [0.1, 0.15) is 35.0 Å². The third-order valence-electron chi connectivity index (χ3n) is 3.53. The Hall–Kier alpha value is -2.03. The molecule has 0 aliphatic carbocycles. The smallest absolute Gasteiger partial charge is 0.352 e. The molecule has 3 heteroatoms. The Morgan fingerprint density at radius 1 is 1.21 bits per heavy atom. The molecule has 0 radical (unpaired) electrons. The molecule has 2 rings (SSSR count). The lowest BCUT2D eigenvalue weighted by atomic mass is 10.0. The van der Waals surface area contributed by atoms with Crippen LogP contribution < -0.4 is 0 Å². The molecule has 3 nitrogen and oxygen atoms in total.